The molecule has 0 aromatic rings. The maximum Gasteiger partial charge on any atom is 0.308 e. The molecule has 0 aromatic heterocycles. The van der Waals surface area contributed by atoms with Crippen molar-refractivity contribution in [2.45, 2.75) is 32.1 Å². The van der Waals surface area contributed by atoms with Crippen molar-refractivity contribution in [2.75, 3.05) is 46.1 Å². The van der Waals surface area contributed by atoms with E-state index >= 15 is 0 Å². The smallest absolute Gasteiger partial charge is 0.308 e. The second-order valence-electron chi connectivity index (χ2n) is 6.72. The number of nitrogens with one attached hydrogen (secondary N) is 2. The topological polar surface area (TPSA) is 100 Å². The predicted molar refractivity (Wildman–Crippen MR) is 112 cm³/mol. The minimum absolute atomic E-state index is 0. The Morgan fingerprint density at radius 3 is 2.38 bits per heavy atom. The van der Waals surface area contributed by atoms with E-state index in [1.807, 2.05) is 4.90 Å². The van der Waals surface area contributed by atoms with E-state index in [0.717, 1.165) is 12.8 Å². The number of hydrogen-bond acceptors (Lipinski definition) is 5. The van der Waals surface area contributed by atoms with Crippen LogP contribution in [0.3, 0.4) is 0 Å². The number of methoxy groups -OCH3 is 1. The molecule has 1 aliphatic heterocycles. The average Bonchev–Trinajstić information content (AvgIpc) is 2.56. The molecular weight excluding hydrogens is 471 g/mol. The molecule has 0 bridgehead atoms. The Balaban J connectivity index is 0.00000338. The summed E-state index contributed by atoms with van der Waals surface area (Å²) in [6, 6.07) is 0. The van der Waals surface area contributed by atoms with Gasteiger partial charge in [0.05, 0.1) is 18.8 Å². The van der Waals surface area contributed by atoms with E-state index < -0.39 is 10.0 Å². The molecule has 1 aliphatic carbocycles. The number of sulfonamides is 1. The average molecular weight is 502 g/mol. The van der Waals surface area contributed by atoms with Crippen molar-refractivity contribution in [3.8, 4) is 0 Å². The number of nitrogens with zero attached hydrogens (tertiary/aromatic N) is 2. The van der Waals surface area contributed by atoms with Gasteiger partial charge in [-0.25, -0.2) is 13.1 Å². The SMILES string of the molecule is CN=C(NCCS(=O)(=O)NCC1CCC1)N1CCC(C(=O)OC)CC1.I. The number of esters is 1. The molecule has 26 heavy (non-hydrogen) atoms. The van der Waals surface area contributed by atoms with Gasteiger partial charge in [0.1, 0.15) is 0 Å². The molecule has 2 aliphatic rings. The van der Waals surface area contributed by atoms with Gasteiger partial charge in [-0.3, -0.25) is 9.79 Å². The van der Waals surface area contributed by atoms with Gasteiger partial charge in [-0.1, -0.05) is 6.42 Å². The number of hydrogen-bond donors (Lipinski definition) is 2. The normalized spacial score (nSPS) is 19.5. The molecule has 0 unspecified atom stereocenters. The first-order valence-electron chi connectivity index (χ1n) is 8.96. The third-order valence-corrected chi connectivity index (χ3v) is 6.36. The molecule has 8 nitrogen and oxygen atoms in total. The van der Waals surface area contributed by atoms with E-state index in [0.29, 0.717) is 50.9 Å². The molecule has 10 heteroatoms. The Hall–Kier alpha value is -0.620. The van der Waals surface area contributed by atoms with Crippen LogP contribution in [0.5, 0.6) is 0 Å². The van der Waals surface area contributed by atoms with Gasteiger partial charge >= 0.3 is 5.97 Å². The first-order valence-corrected chi connectivity index (χ1v) is 10.6. The van der Waals surface area contributed by atoms with Crippen LogP contribution in [-0.2, 0) is 19.6 Å². The minimum Gasteiger partial charge on any atom is -0.469 e. The Kier molecular flexibility index (Phi) is 10.2. The molecule has 0 amide bonds. The zero-order valence-corrected chi connectivity index (χ0v) is 18.7. The number of guanidine groups is 1. The first kappa shape index (κ1) is 23.4. The summed E-state index contributed by atoms with van der Waals surface area (Å²) in [5, 5.41) is 3.11. The maximum absolute atomic E-state index is 12.0. The number of piperidine rings is 1. The number of aliphatic imine (C=N–C) groups is 1. The van der Waals surface area contributed by atoms with Crippen LogP contribution in [0.4, 0.5) is 0 Å². The molecule has 0 spiro atoms. The van der Waals surface area contributed by atoms with E-state index in [9.17, 15) is 13.2 Å². The van der Waals surface area contributed by atoms with Crippen LogP contribution < -0.4 is 10.0 Å². The van der Waals surface area contributed by atoms with Crippen molar-refractivity contribution >= 4 is 45.9 Å². The zero-order valence-electron chi connectivity index (χ0n) is 15.6. The number of likely N-dealkylation sites (tertiary alicyclic amines) is 1. The largest absolute Gasteiger partial charge is 0.469 e. The summed E-state index contributed by atoms with van der Waals surface area (Å²) in [7, 11) is -0.168. The number of carbonyl (C=O) groups is 1. The maximum atomic E-state index is 12.0. The van der Waals surface area contributed by atoms with Gasteiger partial charge in [0.25, 0.3) is 0 Å². The lowest BCUT2D eigenvalue weighted by molar-refractivity contribution is -0.146. The quantitative estimate of drug-likeness (QED) is 0.231. The number of ether oxygens (including phenoxy) is 1. The van der Waals surface area contributed by atoms with Gasteiger partial charge in [0.2, 0.25) is 10.0 Å². The number of halogens is 1. The monoisotopic (exact) mass is 502 g/mol. The lowest BCUT2D eigenvalue weighted by Gasteiger charge is -2.33. The Morgan fingerprint density at radius 1 is 1.23 bits per heavy atom. The van der Waals surface area contributed by atoms with Gasteiger partial charge in [0.15, 0.2) is 5.96 Å². The van der Waals surface area contributed by atoms with Crippen LogP contribution in [0, 0.1) is 11.8 Å². The van der Waals surface area contributed by atoms with E-state index in [1.54, 1.807) is 7.05 Å². The van der Waals surface area contributed by atoms with Crippen molar-refractivity contribution in [1.29, 1.82) is 0 Å². The standard InChI is InChI=1S/C16H30N4O4S.HI/c1-17-16(20-9-6-14(7-10-20)15(21)24-2)18-8-11-25(22,23)19-12-13-4-3-5-13;/h13-14,19H,3-12H2,1-2H3,(H,17,18);1H. The molecule has 0 aromatic carbocycles. The highest BCUT2D eigenvalue weighted by atomic mass is 127. The summed E-state index contributed by atoms with van der Waals surface area (Å²) >= 11 is 0. The molecule has 2 fully saturated rings. The molecule has 1 heterocycles. The van der Waals surface area contributed by atoms with Crippen LogP contribution in [0.25, 0.3) is 0 Å². The summed E-state index contributed by atoms with van der Waals surface area (Å²) < 4.78 is 31.5. The lowest BCUT2D eigenvalue weighted by atomic mass is 9.86. The Bertz CT molecular complexity index is 573. The van der Waals surface area contributed by atoms with Crippen LogP contribution in [-0.4, -0.2) is 71.3 Å². The molecule has 1 saturated heterocycles. The lowest BCUT2D eigenvalue weighted by Crippen LogP contribution is -2.48. The number of carbonyl (C=O) groups excluding carboxylic acids is 1. The van der Waals surface area contributed by atoms with Gasteiger partial charge in [-0.2, -0.15) is 0 Å². The number of rotatable bonds is 7. The Morgan fingerprint density at radius 2 is 1.88 bits per heavy atom. The van der Waals surface area contributed by atoms with E-state index in [4.69, 9.17) is 4.74 Å². The fourth-order valence-electron chi connectivity index (χ4n) is 3.14. The molecule has 0 atom stereocenters. The highest BCUT2D eigenvalue weighted by Gasteiger charge is 2.27. The first-order chi connectivity index (χ1) is 11.9. The molecule has 2 N–H and O–H groups in total. The molecule has 1 saturated carbocycles. The van der Waals surface area contributed by atoms with Crippen LogP contribution >= 0.6 is 24.0 Å². The third kappa shape index (κ3) is 7.18. The third-order valence-electron chi connectivity index (χ3n) is 5.01. The molecule has 152 valence electrons. The van der Waals surface area contributed by atoms with Crippen LogP contribution in [0.15, 0.2) is 4.99 Å². The fraction of sp³-hybridized carbons (Fsp3) is 0.875. The second kappa shape index (κ2) is 11.3. The zero-order chi connectivity index (χ0) is 18.3. The fourth-order valence-corrected chi connectivity index (χ4v) is 4.14. The summed E-state index contributed by atoms with van der Waals surface area (Å²) in [6.07, 6.45) is 4.88. The van der Waals surface area contributed by atoms with Crippen molar-refractivity contribution in [2.24, 2.45) is 16.8 Å². The van der Waals surface area contributed by atoms with Crippen molar-refractivity contribution in [1.82, 2.24) is 14.9 Å². The minimum atomic E-state index is -3.26. The van der Waals surface area contributed by atoms with E-state index in [2.05, 4.69) is 15.0 Å². The Labute approximate surface area is 173 Å². The highest BCUT2D eigenvalue weighted by molar-refractivity contribution is 14.0. The highest BCUT2D eigenvalue weighted by Crippen LogP contribution is 2.25. The van der Waals surface area contributed by atoms with Crippen LogP contribution in [0.1, 0.15) is 32.1 Å². The predicted octanol–water partition coefficient (Wildman–Crippen LogP) is 0.784. The second-order valence-corrected chi connectivity index (χ2v) is 8.65. The van der Waals surface area contributed by atoms with Crippen LogP contribution in [0.2, 0.25) is 0 Å². The van der Waals surface area contributed by atoms with Gasteiger partial charge < -0.3 is 15.0 Å². The molecular formula is C16H31IN4O4S. The molecule has 2 rings (SSSR count). The summed E-state index contributed by atoms with van der Waals surface area (Å²) in [4.78, 5) is 17.8. The van der Waals surface area contributed by atoms with Crippen molar-refractivity contribution < 1.29 is 17.9 Å². The van der Waals surface area contributed by atoms with E-state index in [-0.39, 0.29) is 41.6 Å². The summed E-state index contributed by atoms with van der Waals surface area (Å²) in [6.45, 7) is 2.26. The van der Waals surface area contributed by atoms with Crippen molar-refractivity contribution in [3.05, 3.63) is 0 Å². The summed E-state index contributed by atoms with van der Waals surface area (Å²) in [5.74, 6) is 0.989. The van der Waals surface area contributed by atoms with E-state index in [1.165, 1.54) is 13.5 Å². The summed E-state index contributed by atoms with van der Waals surface area (Å²) in [5.41, 5.74) is 0. The van der Waals surface area contributed by atoms with Gasteiger partial charge in [0, 0.05) is 33.2 Å². The van der Waals surface area contributed by atoms with Gasteiger partial charge in [-0.05, 0) is 31.6 Å². The van der Waals surface area contributed by atoms with Gasteiger partial charge in [-0.15, -0.1) is 24.0 Å². The van der Waals surface area contributed by atoms with Crippen molar-refractivity contribution in [3.63, 3.8) is 0 Å². The molecule has 0 radical (unpaired) electrons.